The van der Waals surface area contributed by atoms with E-state index in [1.807, 2.05) is 0 Å². The third kappa shape index (κ3) is 3.03. The zero-order chi connectivity index (χ0) is 21.5. The summed E-state index contributed by atoms with van der Waals surface area (Å²) in [5.41, 5.74) is 3.26. The van der Waals surface area contributed by atoms with E-state index in [2.05, 4.69) is 15.9 Å². The third-order valence-corrected chi connectivity index (χ3v) is 5.22. The Morgan fingerprint density at radius 2 is 1.97 bits per heavy atom. The van der Waals surface area contributed by atoms with Gasteiger partial charge in [0.25, 0.3) is 17.7 Å². The maximum absolute atomic E-state index is 14.3. The van der Waals surface area contributed by atoms with Crippen LogP contribution in [0.4, 0.5) is 4.39 Å². The average molecular weight is 466 g/mol. The van der Waals surface area contributed by atoms with Gasteiger partial charge in [-0.2, -0.15) is 0 Å². The van der Waals surface area contributed by atoms with Crippen LogP contribution in [0, 0.1) is 12.7 Å². The Morgan fingerprint density at radius 1 is 1.28 bits per heavy atom. The second-order valence-electron chi connectivity index (χ2n) is 6.44. The van der Waals surface area contributed by atoms with Crippen molar-refractivity contribution in [1.82, 2.24) is 9.47 Å². The molecule has 2 heterocycles. The van der Waals surface area contributed by atoms with Crippen molar-refractivity contribution in [3.8, 4) is 0 Å². The standard InChI is InChI=1S/C19H17BrFN3O5/c1-3-29-18(28)19(16(22)26)17(27)23(9-11-4-5-12(20)8-13(11)21)15(25)14-10(2)6-7-24(14)19/h4-8H,3,9H2,1-2H3,(H2,22,26). The van der Waals surface area contributed by atoms with E-state index in [0.29, 0.717) is 14.9 Å². The van der Waals surface area contributed by atoms with Crippen molar-refractivity contribution in [2.45, 2.75) is 25.9 Å². The molecule has 2 aromatic rings. The Kier molecular flexibility index (Phi) is 5.31. The minimum atomic E-state index is -2.60. The van der Waals surface area contributed by atoms with E-state index in [-0.39, 0.29) is 17.9 Å². The second kappa shape index (κ2) is 7.43. The van der Waals surface area contributed by atoms with Crippen LogP contribution >= 0.6 is 15.9 Å². The molecule has 1 aromatic carbocycles. The van der Waals surface area contributed by atoms with Gasteiger partial charge in [0.2, 0.25) is 0 Å². The summed E-state index contributed by atoms with van der Waals surface area (Å²) in [4.78, 5) is 52.2. The van der Waals surface area contributed by atoms with Gasteiger partial charge in [-0.25, -0.2) is 9.18 Å². The molecule has 0 bridgehead atoms. The fourth-order valence-corrected chi connectivity index (χ4v) is 3.64. The molecule has 0 spiro atoms. The number of imide groups is 1. The number of aryl methyl sites for hydroxylation is 1. The summed E-state index contributed by atoms with van der Waals surface area (Å²) in [5, 5.41) is 0. The van der Waals surface area contributed by atoms with E-state index in [1.54, 1.807) is 6.92 Å². The van der Waals surface area contributed by atoms with Gasteiger partial charge in [-0.3, -0.25) is 19.3 Å². The first-order valence-corrected chi connectivity index (χ1v) is 9.41. The number of amides is 3. The molecule has 1 atom stereocenters. The quantitative estimate of drug-likeness (QED) is 0.409. The van der Waals surface area contributed by atoms with Crippen molar-refractivity contribution in [2.24, 2.45) is 5.73 Å². The van der Waals surface area contributed by atoms with Crippen LogP contribution < -0.4 is 5.73 Å². The second-order valence-corrected chi connectivity index (χ2v) is 7.36. The van der Waals surface area contributed by atoms with Crippen LogP contribution in [0.3, 0.4) is 0 Å². The molecule has 3 rings (SSSR count). The lowest BCUT2D eigenvalue weighted by molar-refractivity contribution is -0.166. The van der Waals surface area contributed by atoms with Crippen LogP contribution in [0.1, 0.15) is 28.5 Å². The van der Waals surface area contributed by atoms with Gasteiger partial charge >= 0.3 is 11.5 Å². The molecule has 2 N–H and O–H groups in total. The van der Waals surface area contributed by atoms with Crippen LogP contribution in [0.5, 0.6) is 0 Å². The molecule has 1 aromatic heterocycles. The minimum Gasteiger partial charge on any atom is -0.463 e. The number of nitrogens with two attached hydrogens (primary N) is 1. The van der Waals surface area contributed by atoms with Gasteiger partial charge in [-0.1, -0.05) is 22.0 Å². The number of fused-ring (bicyclic) bond motifs is 1. The van der Waals surface area contributed by atoms with E-state index in [9.17, 15) is 23.6 Å². The summed E-state index contributed by atoms with van der Waals surface area (Å²) in [6, 6.07) is 5.57. The zero-order valence-electron chi connectivity index (χ0n) is 15.6. The summed E-state index contributed by atoms with van der Waals surface area (Å²) >= 11 is 3.13. The zero-order valence-corrected chi connectivity index (χ0v) is 17.2. The van der Waals surface area contributed by atoms with Crippen LogP contribution in [-0.4, -0.2) is 39.8 Å². The highest BCUT2D eigenvalue weighted by Gasteiger charge is 2.62. The van der Waals surface area contributed by atoms with E-state index in [1.165, 1.54) is 37.4 Å². The van der Waals surface area contributed by atoms with Crippen molar-refractivity contribution in [3.63, 3.8) is 0 Å². The predicted molar refractivity (Wildman–Crippen MR) is 102 cm³/mol. The van der Waals surface area contributed by atoms with Crippen molar-refractivity contribution in [1.29, 1.82) is 0 Å². The first kappa shape index (κ1) is 20.7. The highest BCUT2D eigenvalue weighted by molar-refractivity contribution is 9.10. The van der Waals surface area contributed by atoms with Crippen LogP contribution in [0.15, 0.2) is 34.9 Å². The number of carbonyl (C=O) groups is 4. The van der Waals surface area contributed by atoms with Crippen molar-refractivity contribution < 1.29 is 28.3 Å². The Balaban J connectivity index is 2.21. The third-order valence-electron chi connectivity index (χ3n) is 4.72. The monoisotopic (exact) mass is 465 g/mol. The molecule has 3 amide bonds. The fourth-order valence-electron chi connectivity index (χ4n) is 3.31. The lowest BCUT2D eigenvalue weighted by Gasteiger charge is -2.38. The van der Waals surface area contributed by atoms with Crippen LogP contribution in [0.25, 0.3) is 0 Å². The van der Waals surface area contributed by atoms with Crippen molar-refractivity contribution >= 4 is 39.6 Å². The van der Waals surface area contributed by atoms with Crippen molar-refractivity contribution in [2.75, 3.05) is 6.61 Å². The number of aromatic nitrogens is 1. The number of ether oxygens (including phenoxy) is 1. The highest BCUT2D eigenvalue weighted by atomic mass is 79.9. The van der Waals surface area contributed by atoms with Crippen LogP contribution in [-0.2, 0) is 31.2 Å². The normalized spacial score (nSPS) is 18.6. The summed E-state index contributed by atoms with van der Waals surface area (Å²) in [7, 11) is 0. The van der Waals surface area contributed by atoms with Gasteiger partial charge in [-0.15, -0.1) is 0 Å². The molecule has 1 aliphatic rings. The molecule has 0 saturated carbocycles. The molecule has 152 valence electrons. The molecule has 10 heteroatoms. The molecule has 0 saturated heterocycles. The maximum atomic E-state index is 14.3. The molecule has 0 aliphatic carbocycles. The topological polar surface area (TPSA) is 112 Å². The van der Waals surface area contributed by atoms with Gasteiger partial charge in [0.05, 0.1) is 13.2 Å². The number of hydrogen-bond donors (Lipinski definition) is 1. The Bertz CT molecular complexity index is 1050. The Hall–Kier alpha value is -3.01. The van der Waals surface area contributed by atoms with Crippen LogP contribution in [0.2, 0.25) is 0 Å². The Labute approximate surface area is 173 Å². The smallest absolute Gasteiger partial charge is 0.352 e. The number of halogens is 2. The molecule has 1 unspecified atom stereocenters. The maximum Gasteiger partial charge on any atom is 0.352 e. The predicted octanol–water partition coefficient (Wildman–Crippen LogP) is 1.62. The van der Waals surface area contributed by atoms with Gasteiger partial charge in [0, 0.05) is 16.2 Å². The molecule has 8 nitrogen and oxygen atoms in total. The first-order valence-electron chi connectivity index (χ1n) is 8.62. The van der Waals surface area contributed by atoms with Gasteiger partial charge in [0.1, 0.15) is 11.5 Å². The largest absolute Gasteiger partial charge is 0.463 e. The Morgan fingerprint density at radius 3 is 2.55 bits per heavy atom. The molecular formula is C19H17BrFN3O5. The fraction of sp³-hybridized carbons (Fsp3) is 0.263. The highest BCUT2D eigenvalue weighted by Crippen LogP contribution is 2.33. The lowest BCUT2D eigenvalue weighted by Crippen LogP contribution is -2.67. The SMILES string of the molecule is CCOC(=O)C1(C(N)=O)C(=O)N(Cc2ccc(Br)cc2F)C(=O)c2c(C)ccn21. The van der Waals surface area contributed by atoms with E-state index in [0.717, 1.165) is 4.57 Å². The van der Waals surface area contributed by atoms with Gasteiger partial charge in [0.15, 0.2) is 0 Å². The number of nitrogens with zero attached hydrogens (tertiary/aromatic N) is 2. The number of benzene rings is 1. The number of rotatable bonds is 5. The number of esters is 1. The molecule has 0 fully saturated rings. The number of primary amides is 1. The van der Waals surface area contributed by atoms with E-state index < -0.39 is 41.6 Å². The molecule has 0 radical (unpaired) electrons. The van der Waals surface area contributed by atoms with Gasteiger partial charge in [-0.05, 0) is 37.6 Å². The molecule has 29 heavy (non-hydrogen) atoms. The molecular weight excluding hydrogens is 449 g/mol. The van der Waals surface area contributed by atoms with E-state index in [4.69, 9.17) is 10.5 Å². The minimum absolute atomic E-state index is 0.0230. The van der Waals surface area contributed by atoms with Gasteiger partial charge < -0.3 is 15.0 Å². The van der Waals surface area contributed by atoms with Crippen molar-refractivity contribution in [3.05, 3.63) is 57.6 Å². The molecule has 1 aliphatic heterocycles. The summed E-state index contributed by atoms with van der Waals surface area (Å²) < 4.78 is 20.7. The summed E-state index contributed by atoms with van der Waals surface area (Å²) in [5.74, 6) is -5.15. The lowest BCUT2D eigenvalue weighted by atomic mass is 9.92. The summed E-state index contributed by atoms with van der Waals surface area (Å²) in [6.07, 6.45) is 1.26. The average Bonchev–Trinajstić information content (AvgIpc) is 3.02. The number of hydrogen-bond acceptors (Lipinski definition) is 5. The van der Waals surface area contributed by atoms with E-state index >= 15 is 0 Å². The number of carbonyl (C=O) groups excluding carboxylic acids is 4. The summed E-state index contributed by atoms with van der Waals surface area (Å²) in [6.45, 7) is 2.47. The first-order chi connectivity index (χ1) is 13.7.